The van der Waals surface area contributed by atoms with Crippen LogP contribution in [0.5, 0.6) is 0 Å². The van der Waals surface area contributed by atoms with Crippen LogP contribution in [0.1, 0.15) is 31.6 Å². The summed E-state index contributed by atoms with van der Waals surface area (Å²) in [5, 5.41) is 6.47. The summed E-state index contributed by atoms with van der Waals surface area (Å²) in [5.41, 5.74) is 3.19. The minimum absolute atomic E-state index is 0.0352. The number of aromatic nitrogens is 3. The summed E-state index contributed by atoms with van der Waals surface area (Å²) in [6.45, 7) is 7.23. The van der Waals surface area contributed by atoms with Crippen molar-refractivity contribution >= 4 is 28.1 Å². The van der Waals surface area contributed by atoms with Crippen molar-refractivity contribution in [3.63, 3.8) is 0 Å². The second-order valence-electron chi connectivity index (χ2n) is 5.85. The van der Waals surface area contributed by atoms with Gasteiger partial charge in [0.2, 0.25) is 0 Å². The Morgan fingerprint density at radius 2 is 2.15 bits per heavy atom. The van der Waals surface area contributed by atoms with Gasteiger partial charge in [-0.2, -0.15) is 0 Å². The molecule has 3 aromatic rings. The number of benzene rings is 1. The highest BCUT2D eigenvalue weighted by Crippen LogP contribution is 2.24. The van der Waals surface area contributed by atoms with Crippen LogP contribution in [0, 0.1) is 0 Å². The molecule has 104 valence electrons. The summed E-state index contributed by atoms with van der Waals surface area (Å²) in [4.78, 5) is 12.3. The SMILES string of the molecule is CC(C)(C)c1nc2ccc(NCc3nccs3)cc2[nH]1. The van der Waals surface area contributed by atoms with Crippen molar-refractivity contribution in [1.82, 2.24) is 15.0 Å². The number of thiazole rings is 1. The fraction of sp³-hybridized carbons (Fsp3) is 0.333. The quantitative estimate of drug-likeness (QED) is 0.767. The third kappa shape index (κ3) is 2.67. The van der Waals surface area contributed by atoms with Crippen LogP contribution in [0.15, 0.2) is 29.8 Å². The van der Waals surface area contributed by atoms with E-state index in [9.17, 15) is 0 Å². The number of hydrogen-bond donors (Lipinski definition) is 2. The van der Waals surface area contributed by atoms with E-state index in [1.807, 2.05) is 17.6 Å². The molecule has 0 fully saturated rings. The Morgan fingerprint density at radius 3 is 2.85 bits per heavy atom. The van der Waals surface area contributed by atoms with Crippen LogP contribution in [0.2, 0.25) is 0 Å². The van der Waals surface area contributed by atoms with Crippen molar-refractivity contribution < 1.29 is 0 Å². The zero-order valence-corrected chi connectivity index (χ0v) is 12.7. The lowest BCUT2D eigenvalue weighted by Crippen LogP contribution is -2.12. The Morgan fingerprint density at radius 1 is 1.30 bits per heavy atom. The standard InChI is InChI=1S/C15H18N4S/c1-15(2,3)14-18-11-5-4-10(8-12(11)19-14)17-9-13-16-6-7-20-13/h4-8,17H,9H2,1-3H3,(H,18,19). The highest BCUT2D eigenvalue weighted by molar-refractivity contribution is 7.09. The van der Waals surface area contributed by atoms with Crippen LogP contribution < -0.4 is 5.32 Å². The van der Waals surface area contributed by atoms with E-state index in [4.69, 9.17) is 0 Å². The van der Waals surface area contributed by atoms with E-state index in [1.165, 1.54) is 0 Å². The molecule has 2 N–H and O–H groups in total. The highest BCUT2D eigenvalue weighted by atomic mass is 32.1. The van der Waals surface area contributed by atoms with Gasteiger partial charge >= 0.3 is 0 Å². The Hall–Kier alpha value is -1.88. The van der Waals surface area contributed by atoms with Crippen molar-refractivity contribution in [3.8, 4) is 0 Å². The van der Waals surface area contributed by atoms with Gasteiger partial charge in [-0.25, -0.2) is 9.97 Å². The molecular formula is C15H18N4S. The fourth-order valence-corrected chi connectivity index (χ4v) is 2.55. The maximum Gasteiger partial charge on any atom is 0.112 e. The average molecular weight is 286 g/mol. The van der Waals surface area contributed by atoms with Crippen molar-refractivity contribution in [1.29, 1.82) is 0 Å². The van der Waals surface area contributed by atoms with Crippen LogP contribution in [-0.4, -0.2) is 15.0 Å². The van der Waals surface area contributed by atoms with E-state index >= 15 is 0 Å². The molecule has 0 saturated carbocycles. The second-order valence-corrected chi connectivity index (χ2v) is 6.83. The number of H-pyrrole nitrogens is 1. The molecule has 0 aliphatic carbocycles. The number of nitrogens with zero attached hydrogens (tertiary/aromatic N) is 2. The molecule has 0 saturated heterocycles. The predicted molar refractivity (Wildman–Crippen MR) is 84.2 cm³/mol. The third-order valence-corrected chi connectivity index (χ3v) is 3.90. The number of aromatic amines is 1. The molecule has 0 spiro atoms. The Kier molecular flexibility index (Phi) is 3.22. The van der Waals surface area contributed by atoms with Gasteiger partial charge in [0, 0.05) is 22.7 Å². The minimum Gasteiger partial charge on any atom is -0.378 e. The first-order valence-corrected chi connectivity index (χ1v) is 7.53. The summed E-state index contributed by atoms with van der Waals surface area (Å²) < 4.78 is 0. The summed E-state index contributed by atoms with van der Waals surface area (Å²) >= 11 is 1.66. The van der Waals surface area contributed by atoms with Crippen molar-refractivity contribution in [2.45, 2.75) is 32.7 Å². The van der Waals surface area contributed by atoms with E-state index in [-0.39, 0.29) is 5.41 Å². The number of imidazole rings is 1. The molecule has 2 aromatic heterocycles. The maximum absolute atomic E-state index is 4.64. The van der Waals surface area contributed by atoms with E-state index in [1.54, 1.807) is 11.3 Å². The van der Waals surface area contributed by atoms with Gasteiger partial charge in [-0.1, -0.05) is 20.8 Å². The van der Waals surface area contributed by atoms with Gasteiger partial charge in [0.05, 0.1) is 17.6 Å². The first-order chi connectivity index (χ1) is 9.52. The zero-order valence-electron chi connectivity index (χ0n) is 11.9. The Labute approximate surface area is 122 Å². The molecule has 5 heteroatoms. The summed E-state index contributed by atoms with van der Waals surface area (Å²) in [6.07, 6.45) is 1.83. The summed E-state index contributed by atoms with van der Waals surface area (Å²) in [5.74, 6) is 1.02. The van der Waals surface area contributed by atoms with Crippen molar-refractivity contribution in [3.05, 3.63) is 40.6 Å². The van der Waals surface area contributed by atoms with Gasteiger partial charge in [-0.3, -0.25) is 0 Å². The van der Waals surface area contributed by atoms with Gasteiger partial charge in [0.25, 0.3) is 0 Å². The monoisotopic (exact) mass is 286 g/mol. The van der Waals surface area contributed by atoms with E-state index in [0.717, 1.165) is 34.1 Å². The number of hydrogen-bond acceptors (Lipinski definition) is 4. The zero-order chi connectivity index (χ0) is 14.2. The number of nitrogens with one attached hydrogen (secondary N) is 2. The van der Waals surface area contributed by atoms with Crippen LogP contribution in [0.25, 0.3) is 11.0 Å². The number of anilines is 1. The lowest BCUT2D eigenvalue weighted by atomic mass is 9.96. The lowest BCUT2D eigenvalue weighted by Gasteiger charge is -2.13. The molecule has 1 aromatic carbocycles. The topological polar surface area (TPSA) is 53.6 Å². The van der Waals surface area contributed by atoms with E-state index in [2.05, 4.69) is 53.2 Å². The van der Waals surface area contributed by atoms with Gasteiger partial charge in [0.15, 0.2) is 0 Å². The van der Waals surface area contributed by atoms with E-state index < -0.39 is 0 Å². The van der Waals surface area contributed by atoms with Crippen LogP contribution >= 0.6 is 11.3 Å². The Bertz CT molecular complexity index is 707. The van der Waals surface area contributed by atoms with Gasteiger partial charge < -0.3 is 10.3 Å². The van der Waals surface area contributed by atoms with Gasteiger partial charge in [-0.15, -0.1) is 11.3 Å². The predicted octanol–water partition coefficient (Wildman–Crippen LogP) is 3.93. The molecule has 0 bridgehead atoms. The second kappa shape index (κ2) is 4.90. The van der Waals surface area contributed by atoms with Crippen molar-refractivity contribution in [2.24, 2.45) is 0 Å². The molecule has 20 heavy (non-hydrogen) atoms. The third-order valence-electron chi connectivity index (χ3n) is 3.12. The molecule has 0 aliphatic rings. The first kappa shape index (κ1) is 13.1. The minimum atomic E-state index is 0.0352. The normalized spacial score (nSPS) is 11.9. The largest absolute Gasteiger partial charge is 0.378 e. The fourth-order valence-electron chi connectivity index (χ4n) is 1.99. The van der Waals surface area contributed by atoms with E-state index in [0.29, 0.717) is 0 Å². The van der Waals surface area contributed by atoms with Crippen LogP contribution in [-0.2, 0) is 12.0 Å². The molecule has 0 unspecified atom stereocenters. The molecule has 0 radical (unpaired) electrons. The summed E-state index contributed by atoms with van der Waals surface area (Å²) in [7, 11) is 0. The number of rotatable bonds is 3. The first-order valence-electron chi connectivity index (χ1n) is 6.65. The average Bonchev–Trinajstić information content (AvgIpc) is 3.04. The van der Waals surface area contributed by atoms with Crippen molar-refractivity contribution in [2.75, 3.05) is 5.32 Å². The molecule has 2 heterocycles. The Balaban J connectivity index is 1.83. The van der Waals surface area contributed by atoms with Crippen LogP contribution in [0.4, 0.5) is 5.69 Å². The number of fused-ring (bicyclic) bond motifs is 1. The maximum atomic E-state index is 4.64. The molecule has 4 nitrogen and oxygen atoms in total. The highest BCUT2D eigenvalue weighted by Gasteiger charge is 2.18. The van der Waals surface area contributed by atoms with Gasteiger partial charge in [0.1, 0.15) is 10.8 Å². The molecule has 0 amide bonds. The molecule has 0 atom stereocenters. The molecule has 0 aliphatic heterocycles. The molecular weight excluding hydrogens is 268 g/mol. The lowest BCUT2D eigenvalue weighted by molar-refractivity contribution is 0.554. The van der Waals surface area contributed by atoms with Crippen LogP contribution in [0.3, 0.4) is 0 Å². The summed E-state index contributed by atoms with van der Waals surface area (Å²) in [6, 6.07) is 6.21. The van der Waals surface area contributed by atoms with Gasteiger partial charge in [-0.05, 0) is 18.2 Å². The molecule has 3 rings (SSSR count). The smallest absolute Gasteiger partial charge is 0.112 e.